The van der Waals surface area contributed by atoms with Gasteiger partial charge in [-0.2, -0.15) is 0 Å². The molecule has 2 atom stereocenters. The summed E-state index contributed by atoms with van der Waals surface area (Å²) in [5.41, 5.74) is 11.5. The highest BCUT2D eigenvalue weighted by atomic mass is 16.4. The number of carbonyl (C=O) groups is 2. The van der Waals surface area contributed by atoms with Crippen molar-refractivity contribution in [2.45, 2.75) is 32.4 Å². The molecule has 0 aromatic heterocycles. The average molecular weight is 282 g/mol. The highest BCUT2D eigenvalue weighted by molar-refractivity contribution is 5.73. The summed E-state index contributed by atoms with van der Waals surface area (Å²) in [5.74, 6) is -1.87. The lowest BCUT2D eigenvalue weighted by atomic mass is 10.1. The molecule has 0 heterocycles. The van der Waals surface area contributed by atoms with E-state index in [9.17, 15) is 9.59 Å². The summed E-state index contributed by atoms with van der Waals surface area (Å²) in [6.07, 6.45) is 0.385. The lowest BCUT2D eigenvalue weighted by molar-refractivity contribution is -0.140. The first-order chi connectivity index (χ1) is 9.25. The quantitative estimate of drug-likeness (QED) is 0.629. The summed E-state index contributed by atoms with van der Waals surface area (Å²) in [6.45, 7) is 3.55. The molecular weight excluding hydrogens is 260 g/mol. The Balaban J connectivity index is 0.000000396. The second-order valence-electron chi connectivity index (χ2n) is 4.74. The van der Waals surface area contributed by atoms with E-state index in [4.69, 9.17) is 21.7 Å². The van der Waals surface area contributed by atoms with Crippen LogP contribution in [0.4, 0.5) is 0 Å². The maximum Gasteiger partial charge on any atom is 0.320 e. The van der Waals surface area contributed by atoms with Crippen molar-refractivity contribution in [3.8, 4) is 0 Å². The highest BCUT2D eigenvalue weighted by Crippen LogP contribution is 2.01. The number of carboxylic acids is 2. The van der Waals surface area contributed by atoms with Crippen LogP contribution in [0.3, 0.4) is 0 Å². The molecule has 0 saturated carbocycles. The summed E-state index contributed by atoms with van der Waals surface area (Å²) >= 11 is 0. The van der Waals surface area contributed by atoms with Crippen molar-refractivity contribution in [2.75, 3.05) is 0 Å². The smallest absolute Gasteiger partial charge is 0.320 e. The first-order valence-electron chi connectivity index (χ1n) is 6.26. The number of hydrogen-bond acceptors (Lipinski definition) is 4. The minimum atomic E-state index is -0.959. The molecule has 112 valence electrons. The van der Waals surface area contributed by atoms with Crippen LogP contribution in [0, 0.1) is 5.92 Å². The molecule has 6 heteroatoms. The lowest BCUT2D eigenvalue weighted by Gasteiger charge is -2.07. The van der Waals surface area contributed by atoms with E-state index in [0.717, 1.165) is 5.56 Å². The van der Waals surface area contributed by atoms with Crippen LogP contribution in [0.15, 0.2) is 30.3 Å². The van der Waals surface area contributed by atoms with Gasteiger partial charge in [0.2, 0.25) is 0 Å². The SMILES string of the molecule is CC(C)[C@H](N)C(=O)O.N[C@@H](Cc1ccccc1)C(=O)O. The molecule has 0 saturated heterocycles. The maximum absolute atomic E-state index is 10.4. The van der Waals surface area contributed by atoms with E-state index in [-0.39, 0.29) is 5.92 Å². The Bertz CT molecular complexity index is 420. The standard InChI is InChI=1S/C9H11NO2.C5H11NO2/c10-8(9(11)12)6-7-4-2-1-3-5-7;1-3(2)4(6)5(7)8/h1-5,8H,6,10H2,(H,11,12);3-4H,6H2,1-2H3,(H,7,8)/t8-;4-/m00/s1. The second kappa shape index (κ2) is 9.06. The number of rotatable bonds is 5. The van der Waals surface area contributed by atoms with E-state index in [0.29, 0.717) is 6.42 Å². The van der Waals surface area contributed by atoms with E-state index in [1.54, 1.807) is 13.8 Å². The predicted octanol–water partition coefficient (Wildman–Crippen LogP) is 0.695. The van der Waals surface area contributed by atoms with Gasteiger partial charge in [-0.3, -0.25) is 9.59 Å². The summed E-state index contributed by atoms with van der Waals surface area (Å²) in [4.78, 5) is 20.4. The molecule has 0 unspecified atom stereocenters. The molecular formula is C14H22N2O4. The van der Waals surface area contributed by atoms with E-state index >= 15 is 0 Å². The summed E-state index contributed by atoms with van der Waals surface area (Å²) in [5, 5.41) is 16.7. The van der Waals surface area contributed by atoms with Crippen LogP contribution >= 0.6 is 0 Å². The van der Waals surface area contributed by atoms with Crippen LogP contribution in [-0.2, 0) is 16.0 Å². The van der Waals surface area contributed by atoms with Gasteiger partial charge in [-0.05, 0) is 17.9 Å². The topological polar surface area (TPSA) is 127 Å². The zero-order valence-corrected chi connectivity index (χ0v) is 11.7. The molecule has 1 aromatic carbocycles. The molecule has 0 fully saturated rings. The third-order valence-corrected chi connectivity index (χ3v) is 2.62. The largest absolute Gasteiger partial charge is 0.480 e. The second-order valence-corrected chi connectivity index (χ2v) is 4.74. The molecule has 0 aliphatic carbocycles. The van der Waals surface area contributed by atoms with Gasteiger partial charge in [0.25, 0.3) is 0 Å². The third-order valence-electron chi connectivity index (χ3n) is 2.62. The van der Waals surface area contributed by atoms with Gasteiger partial charge in [-0.1, -0.05) is 44.2 Å². The van der Waals surface area contributed by atoms with Gasteiger partial charge in [0.1, 0.15) is 12.1 Å². The fourth-order valence-electron chi connectivity index (χ4n) is 1.24. The molecule has 0 bridgehead atoms. The number of benzene rings is 1. The summed E-state index contributed by atoms with van der Waals surface area (Å²) in [6, 6.07) is 7.83. The zero-order valence-electron chi connectivity index (χ0n) is 11.7. The Kier molecular flexibility index (Phi) is 8.19. The fraction of sp³-hybridized carbons (Fsp3) is 0.429. The minimum absolute atomic E-state index is 0.0208. The molecule has 0 radical (unpaired) electrons. The normalized spacial score (nSPS) is 13.1. The molecule has 0 aliphatic heterocycles. The number of aliphatic carboxylic acids is 2. The van der Waals surface area contributed by atoms with Gasteiger partial charge in [-0.15, -0.1) is 0 Å². The molecule has 0 amide bonds. The van der Waals surface area contributed by atoms with Crippen molar-refractivity contribution in [1.29, 1.82) is 0 Å². The van der Waals surface area contributed by atoms with Crippen molar-refractivity contribution >= 4 is 11.9 Å². The van der Waals surface area contributed by atoms with Crippen LogP contribution in [0.5, 0.6) is 0 Å². The first kappa shape index (κ1) is 18.1. The molecule has 1 rings (SSSR count). The number of hydrogen-bond donors (Lipinski definition) is 4. The van der Waals surface area contributed by atoms with Crippen LogP contribution in [0.1, 0.15) is 19.4 Å². The van der Waals surface area contributed by atoms with Gasteiger partial charge in [0.15, 0.2) is 0 Å². The molecule has 20 heavy (non-hydrogen) atoms. The highest BCUT2D eigenvalue weighted by Gasteiger charge is 2.14. The van der Waals surface area contributed by atoms with Gasteiger partial charge in [-0.25, -0.2) is 0 Å². The van der Waals surface area contributed by atoms with E-state index in [1.807, 2.05) is 30.3 Å². The third kappa shape index (κ3) is 7.50. The van der Waals surface area contributed by atoms with Gasteiger partial charge < -0.3 is 21.7 Å². The van der Waals surface area contributed by atoms with Crippen LogP contribution in [0.2, 0.25) is 0 Å². The maximum atomic E-state index is 10.4. The van der Waals surface area contributed by atoms with Crippen molar-refractivity contribution in [3.05, 3.63) is 35.9 Å². The van der Waals surface area contributed by atoms with Crippen molar-refractivity contribution in [1.82, 2.24) is 0 Å². The lowest BCUT2D eigenvalue weighted by Crippen LogP contribution is -2.34. The monoisotopic (exact) mass is 282 g/mol. The Morgan fingerprint density at radius 1 is 1.05 bits per heavy atom. The van der Waals surface area contributed by atoms with Gasteiger partial charge >= 0.3 is 11.9 Å². The fourth-order valence-corrected chi connectivity index (χ4v) is 1.24. The molecule has 0 aliphatic rings. The zero-order chi connectivity index (χ0) is 15.7. The Morgan fingerprint density at radius 2 is 1.55 bits per heavy atom. The summed E-state index contributed by atoms with van der Waals surface area (Å²) < 4.78 is 0. The van der Waals surface area contributed by atoms with Crippen molar-refractivity contribution in [2.24, 2.45) is 17.4 Å². The van der Waals surface area contributed by atoms with Crippen LogP contribution in [-0.4, -0.2) is 34.2 Å². The average Bonchev–Trinajstić information content (AvgIpc) is 2.39. The number of nitrogens with two attached hydrogens (primary N) is 2. The molecule has 6 nitrogen and oxygen atoms in total. The molecule has 1 aromatic rings. The van der Waals surface area contributed by atoms with E-state index < -0.39 is 24.0 Å². The molecule has 6 N–H and O–H groups in total. The van der Waals surface area contributed by atoms with Gasteiger partial charge in [0, 0.05) is 0 Å². The molecule has 0 spiro atoms. The van der Waals surface area contributed by atoms with E-state index in [1.165, 1.54) is 0 Å². The minimum Gasteiger partial charge on any atom is -0.480 e. The van der Waals surface area contributed by atoms with Crippen LogP contribution < -0.4 is 11.5 Å². The first-order valence-corrected chi connectivity index (χ1v) is 6.26. The number of carboxylic acid groups (broad SMARTS) is 2. The van der Waals surface area contributed by atoms with Crippen molar-refractivity contribution in [3.63, 3.8) is 0 Å². The predicted molar refractivity (Wildman–Crippen MR) is 76.2 cm³/mol. The van der Waals surface area contributed by atoms with Crippen LogP contribution in [0.25, 0.3) is 0 Å². The Hall–Kier alpha value is -1.92. The van der Waals surface area contributed by atoms with Crippen molar-refractivity contribution < 1.29 is 19.8 Å². The Labute approximate surface area is 118 Å². The summed E-state index contributed by atoms with van der Waals surface area (Å²) in [7, 11) is 0. The van der Waals surface area contributed by atoms with Gasteiger partial charge in [0.05, 0.1) is 0 Å². The Morgan fingerprint density at radius 3 is 1.85 bits per heavy atom. The van der Waals surface area contributed by atoms with E-state index in [2.05, 4.69) is 0 Å².